The topological polar surface area (TPSA) is 125 Å². The molecule has 0 radical (unpaired) electrons. The Kier molecular flexibility index (Phi) is 4.93. The molecule has 1 aromatic heterocycles. The Hall–Kier alpha value is -3.23. The molecule has 3 rings (SSSR count). The predicted molar refractivity (Wildman–Crippen MR) is 99.0 cm³/mol. The molecule has 1 aliphatic rings. The number of rotatable bonds is 4. The van der Waals surface area contributed by atoms with Crippen molar-refractivity contribution in [3.05, 3.63) is 30.0 Å². The Bertz CT molecular complexity index is 972. The van der Waals surface area contributed by atoms with E-state index >= 15 is 0 Å². The summed E-state index contributed by atoms with van der Waals surface area (Å²) in [5.74, 6) is -2.36. The molecule has 0 aliphatic carbocycles. The number of carbonyl (C=O) groups excluding carboxylic acids is 4. The van der Waals surface area contributed by atoms with Crippen molar-refractivity contribution in [2.45, 2.75) is 51.8 Å². The minimum Gasteiger partial charge on any atom is -0.458 e. The molecular formula is C19H22N4O5. The van der Waals surface area contributed by atoms with Gasteiger partial charge in [-0.2, -0.15) is 5.10 Å². The molecule has 2 heterocycles. The van der Waals surface area contributed by atoms with Crippen molar-refractivity contribution in [2.24, 2.45) is 5.73 Å². The molecule has 148 valence electrons. The Morgan fingerprint density at radius 2 is 1.93 bits per heavy atom. The van der Waals surface area contributed by atoms with Crippen LogP contribution < -0.4 is 5.73 Å². The summed E-state index contributed by atoms with van der Waals surface area (Å²) in [6, 6.07) is 5.87. The molecule has 3 amide bonds. The molecule has 1 atom stereocenters. The van der Waals surface area contributed by atoms with Gasteiger partial charge >= 0.3 is 5.97 Å². The van der Waals surface area contributed by atoms with Crippen LogP contribution in [0.15, 0.2) is 24.3 Å². The number of primary amides is 1. The van der Waals surface area contributed by atoms with Crippen LogP contribution >= 0.6 is 0 Å². The number of likely N-dealkylation sites (tertiary alicyclic amines) is 1. The van der Waals surface area contributed by atoms with Crippen LogP contribution in [0.4, 0.5) is 0 Å². The molecule has 0 unspecified atom stereocenters. The molecule has 9 nitrogen and oxygen atoms in total. The van der Waals surface area contributed by atoms with Crippen molar-refractivity contribution in [2.75, 3.05) is 0 Å². The van der Waals surface area contributed by atoms with Gasteiger partial charge < -0.3 is 10.5 Å². The highest BCUT2D eigenvalue weighted by atomic mass is 16.6. The van der Waals surface area contributed by atoms with E-state index in [-0.39, 0.29) is 25.1 Å². The summed E-state index contributed by atoms with van der Waals surface area (Å²) in [6.45, 7) is 4.85. The maximum atomic E-state index is 12.8. The maximum Gasteiger partial charge on any atom is 0.329 e. The molecule has 2 aromatic rings. The van der Waals surface area contributed by atoms with Crippen LogP contribution in [0.25, 0.3) is 10.9 Å². The molecule has 0 spiro atoms. The number of esters is 1. The van der Waals surface area contributed by atoms with Gasteiger partial charge in [-0.05, 0) is 33.3 Å². The number of benzene rings is 1. The van der Waals surface area contributed by atoms with E-state index in [0.29, 0.717) is 10.9 Å². The number of ether oxygens (including phenoxy) is 1. The standard InChI is InChI=1S/C19H22N4O5/c1-19(2,3)28-18(27)13-8-9-14(24)23(13)15(25)10-22-12-7-5-4-6-11(12)16(21-22)17(20)26/h4-7,13H,8-10H2,1-3H3,(H2,20,26)/t13-/m0/s1. The summed E-state index contributed by atoms with van der Waals surface area (Å²) in [5, 5.41) is 4.63. The van der Waals surface area contributed by atoms with Crippen LogP contribution in [-0.4, -0.2) is 50.0 Å². The zero-order chi connectivity index (χ0) is 20.6. The Morgan fingerprint density at radius 3 is 2.57 bits per heavy atom. The molecule has 9 heteroatoms. The number of aromatic nitrogens is 2. The molecule has 1 aliphatic heterocycles. The van der Waals surface area contributed by atoms with Gasteiger partial charge in [-0.3, -0.25) is 24.0 Å². The van der Waals surface area contributed by atoms with Crippen LogP contribution in [0.1, 0.15) is 44.1 Å². The number of hydrogen-bond donors (Lipinski definition) is 1. The SMILES string of the molecule is CC(C)(C)OC(=O)[C@@H]1CCC(=O)N1C(=O)Cn1nc(C(N)=O)c2ccccc21. The van der Waals surface area contributed by atoms with Crippen LogP contribution in [0.5, 0.6) is 0 Å². The summed E-state index contributed by atoms with van der Waals surface area (Å²) >= 11 is 0. The van der Waals surface area contributed by atoms with Crippen molar-refractivity contribution in [3.8, 4) is 0 Å². The number of amides is 3. The van der Waals surface area contributed by atoms with E-state index < -0.39 is 35.3 Å². The van der Waals surface area contributed by atoms with Crippen molar-refractivity contribution in [1.82, 2.24) is 14.7 Å². The molecule has 2 N–H and O–H groups in total. The van der Waals surface area contributed by atoms with Gasteiger partial charge in [0, 0.05) is 11.8 Å². The molecule has 1 aromatic carbocycles. The lowest BCUT2D eigenvalue weighted by Gasteiger charge is -2.26. The zero-order valence-electron chi connectivity index (χ0n) is 16.0. The van der Waals surface area contributed by atoms with Crippen molar-refractivity contribution < 1.29 is 23.9 Å². The summed E-state index contributed by atoms with van der Waals surface area (Å²) in [7, 11) is 0. The summed E-state index contributed by atoms with van der Waals surface area (Å²) < 4.78 is 6.65. The van der Waals surface area contributed by atoms with Gasteiger partial charge in [0.15, 0.2) is 5.69 Å². The number of nitrogens with two attached hydrogens (primary N) is 1. The smallest absolute Gasteiger partial charge is 0.329 e. The van der Waals surface area contributed by atoms with Crippen molar-refractivity contribution in [1.29, 1.82) is 0 Å². The number of carbonyl (C=O) groups is 4. The molecule has 1 saturated heterocycles. The van der Waals surface area contributed by atoms with E-state index in [1.807, 2.05) is 0 Å². The lowest BCUT2D eigenvalue weighted by Crippen LogP contribution is -2.46. The second kappa shape index (κ2) is 7.06. The first-order valence-corrected chi connectivity index (χ1v) is 8.91. The van der Waals surface area contributed by atoms with E-state index in [0.717, 1.165) is 4.90 Å². The Balaban J connectivity index is 1.87. The fraction of sp³-hybridized carbons (Fsp3) is 0.421. The van der Waals surface area contributed by atoms with Crippen molar-refractivity contribution >= 4 is 34.6 Å². The summed E-state index contributed by atoms with van der Waals surface area (Å²) in [4.78, 5) is 50.1. The summed E-state index contributed by atoms with van der Waals surface area (Å²) in [6.07, 6.45) is 0.300. The average Bonchev–Trinajstić information content (AvgIpc) is 3.15. The van der Waals surface area contributed by atoms with Gasteiger partial charge in [0.1, 0.15) is 18.2 Å². The normalized spacial score (nSPS) is 17.2. The van der Waals surface area contributed by atoms with Crippen LogP contribution in [0.3, 0.4) is 0 Å². The second-order valence-electron chi connectivity index (χ2n) is 7.63. The van der Waals surface area contributed by atoms with Crippen LogP contribution in [0, 0.1) is 0 Å². The average molecular weight is 386 g/mol. The van der Waals surface area contributed by atoms with Crippen molar-refractivity contribution in [3.63, 3.8) is 0 Å². The van der Waals surface area contributed by atoms with Crippen LogP contribution in [0.2, 0.25) is 0 Å². The molecule has 1 fully saturated rings. The molecular weight excluding hydrogens is 364 g/mol. The third-order valence-electron chi connectivity index (χ3n) is 4.34. The fourth-order valence-electron chi connectivity index (χ4n) is 3.22. The Morgan fingerprint density at radius 1 is 1.25 bits per heavy atom. The van der Waals surface area contributed by atoms with Gasteiger partial charge in [-0.25, -0.2) is 4.79 Å². The van der Waals surface area contributed by atoms with E-state index in [9.17, 15) is 19.2 Å². The van der Waals surface area contributed by atoms with Gasteiger partial charge in [-0.1, -0.05) is 18.2 Å². The monoisotopic (exact) mass is 386 g/mol. The largest absolute Gasteiger partial charge is 0.458 e. The lowest BCUT2D eigenvalue weighted by atomic mass is 10.1. The number of para-hydroxylation sites is 1. The Labute approximate surface area is 161 Å². The van der Waals surface area contributed by atoms with E-state index in [2.05, 4.69) is 5.10 Å². The van der Waals surface area contributed by atoms with E-state index in [4.69, 9.17) is 10.5 Å². The number of fused-ring (bicyclic) bond motifs is 1. The fourth-order valence-corrected chi connectivity index (χ4v) is 3.22. The number of imide groups is 1. The molecule has 0 saturated carbocycles. The quantitative estimate of drug-likeness (QED) is 0.782. The number of nitrogens with zero attached hydrogens (tertiary/aromatic N) is 3. The van der Waals surface area contributed by atoms with Gasteiger partial charge in [0.25, 0.3) is 11.8 Å². The first-order valence-electron chi connectivity index (χ1n) is 8.91. The number of hydrogen-bond acceptors (Lipinski definition) is 6. The third kappa shape index (κ3) is 3.73. The highest BCUT2D eigenvalue weighted by Crippen LogP contribution is 2.24. The molecule has 28 heavy (non-hydrogen) atoms. The van der Waals surface area contributed by atoms with E-state index in [1.165, 1.54) is 4.68 Å². The lowest BCUT2D eigenvalue weighted by molar-refractivity contribution is -0.165. The highest BCUT2D eigenvalue weighted by molar-refractivity contribution is 6.05. The summed E-state index contributed by atoms with van der Waals surface area (Å²) in [5.41, 5.74) is 5.21. The van der Waals surface area contributed by atoms with Gasteiger partial charge in [-0.15, -0.1) is 0 Å². The van der Waals surface area contributed by atoms with E-state index in [1.54, 1.807) is 45.0 Å². The second-order valence-corrected chi connectivity index (χ2v) is 7.63. The van der Waals surface area contributed by atoms with Crippen LogP contribution in [-0.2, 0) is 25.7 Å². The predicted octanol–water partition coefficient (Wildman–Crippen LogP) is 0.995. The maximum absolute atomic E-state index is 12.8. The first kappa shape index (κ1) is 19.5. The minimum absolute atomic E-state index is 0.0415. The third-order valence-corrected chi connectivity index (χ3v) is 4.34. The zero-order valence-corrected chi connectivity index (χ0v) is 16.0. The van der Waals surface area contributed by atoms with Gasteiger partial charge in [0.05, 0.1) is 5.52 Å². The first-order chi connectivity index (χ1) is 13.1. The molecule has 0 bridgehead atoms. The minimum atomic E-state index is -0.961. The highest BCUT2D eigenvalue weighted by Gasteiger charge is 2.42. The van der Waals surface area contributed by atoms with Gasteiger partial charge in [0.2, 0.25) is 5.91 Å².